The second kappa shape index (κ2) is 7.61. The molecule has 0 aromatic carbocycles. The van der Waals surface area contributed by atoms with Gasteiger partial charge in [0.25, 0.3) is 0 Å². The van der Waals surface area contributed by atoms with Gasteiger partial charge in [0.15, 0.2) is 0 Å². The van der Waals surface area contributed by atoms with E-state index in [0.29, 0.717) is 12.8 Å². The lowest BCUT2D eigenvalue weighted by Crippen LogP contribution is -2.47. The van der Waals surface area contributed by atoms with Crippen molar-refractivity contribution in [3.8, 4) is 0 Å². The largest absolute Gasteiger partial charge is 0.481 e. The summed E-state index contributed by atoms with van der Waals surface area (Å²) in [5, 5.41) is 19.5. The first-order valence-corrected chi connectivity index (χ1v) is 5.35. The van der Waals surface area contributed by atoms with Gasteiger partial charge in [0.2, 0.25) is 5.91 Å². The number of nitrogens with one attached hydrogen (secondary N) is 1. The van der Waals surface area contributed by atoms with E-state index in [0.717, 1.165) is 0 Å². The van der Waals surface area contributed by atoms with Crippen LogP contribution in [0.4, 0.5) is 0 Å². The summed E-state index contributed by atoms with van der Waals surface area (Å²) in [5.74, 6) is -2.60. The first kappa shape index (κ1) is 15.4. The normalized spacial score (nSPS) is 13.8. The second-order valence-electron chi connectivity index (χ2n) is 3.83. The summed E-state index contributed by atoms with van der Waals surface area (Å²) in [4.78, 5) is 32.3. The average Bonchev–Trinajstić information content (AvgIpc) is 2.21. The van der Waals surface area contributed by atoms with E-state index in [2.05, 4.69) is 5.32 Å². The van der Waals surface area contributed by atoms with E-state index in [-0.39, 0.29) is 12.8 Å². The van der Waals surface area contributed by atoms with Gasteiger partial charge in [0.05, 0.1) is 6.04 Å². The molecule has 7 nitrogen and oxygen atoms in total. The monoisotopic (exact) mass is 246 g/mol. The molecule has 0 saturated carbocycles. The molecule has 17 heavy (non-hydrogen) atoms. The van der Waals surface area contributed by atoms with Crippen molar-refractivity contribution in [3.05, 3.63) is 0 Å². The molecule has 5 N–H and O–H groups in total. The Morgan fingerprint density at radius 2 is 1.82 bits per heavy atom. The minimum Gasteiger partial charge on any atom is -0.481 e. The third-order valence-electron chi connectivity index (χ3n) is 2.16. The minimum absolute atomic E-state index is 0.00637. The molecule has 98 valence electrons. The zero-order valence-electron chi connectivity index (χ0n) is 9.68. The number of unbranched alkanes of at least 4 members (excludes halogenated alkanes) is 1. The van der Waals surface area contributed by atoms with Crippen molar-refractivity contribution in [2.75, 3.05) is 0 Å². The molecule has 0 radical (unpaired) electrons. The predicted molar refractivity (Wildman–Crippen MR) is 59.3 cm³/mol. The molecule has 0 spiro atoms. The Labute approximate surface area is 99.0 Å². The van der Waals surface area contributed by atoms with Crippen LogP contribution < -0.4 is 11.1 Å². The number of carboxylic acids is 2. The summed E-state index contributed by atoms with van der Waals surface area (Å²) in [6.07, 6.45) is 0.990. The molecule has 1 unspecified atom stereocenters. The predicted octanol–water partition coefficient (Wildman–Crippen LogP) is -0.452. The smallest absolute Gasteiger partial charge is 0.326 e. The van der Waals surface area contributed by atoms with Gasteiger partial charge < -0.3 is 21.3 Å². The Balaban J connectivity index is 4.04. The first-order chi connectivity index (χ1) is 7.84. The molecule has 1 amide bonds. The van der Waals surface area contributed by atoms with Crippen LogP contribution in [0, 0.1) is 0 Å². The zero-order valence-corrected chi connectivity index (χ0v) is 9.68. The molecule has 0 aromatic rings. The van der Waals surface area contributed by atoms with Gasteiger partial charge in [-0.25, -0.2) is 4.79 Å². The lowest BCUT2D eigenvalue weighted by Gasteiger charge is -2.15. The maximum absolute atomic E-state index is 11.2. The van der Waals surface area contributed by atoms with Gasteiger partial charge in [-0.2, -0.15) is 0 Å². The van der Waals surface area contributed by atoms with Gasteiger partial charge in [-0.3, -0.25) is 9.59 Å². The molecule has 0 aliphatic heterocycles. The maximum atomic E-state index is 11.2. The van der Waals surface area contributed by atoms with E-state index < -0.39 is 29.9 Å². The quantitative estimate of drug-likeness (QED) is 0.429. The molecule has 0 rings (SSSR count). The Hall–Kier alpha value is -1.63. The van der Waals surface area contributed by atoms with Gasteiger partial charge in [0, 0.05) is 6.42 Å². The van der Waals surface area contributed by atoms with E-state index in [1.165, 1.54) is 6.92 Å². The van der Waals surface area contributed by atoms with Crippen molar-refractivity contribution in [2.24, 2.45) is 5.73 Å². The van der Waals surface area contributed by atoms with E-state index in [4.69, 9.17) is 15.9 Å². The number of carbonyl (C=O) groups is 3. The Morgan fingerprint density at radius 1 is 1.24 bits per heavy atom. The van der Waals surface area contributed by atoms with E-state index in [1.54, 1.807) is 0 Å². The third-order valence-corrected chi connectivity index (χ3v) is 2.16. The SMILES string of the molecule is C[C@H](N)C(=O)NC(CCCCC(=O)O)C(=O)O. The molecule has 0 heterocycles. The summed E-state index contributed by atoms with van der Waals surface area (Å²) in [5.41, 5.74) is 5.30. The van der Waals surface area contributed by atoms with Crippen LogP contribution in [-0.2, 0) is 14.4 Å². The van der Waals surface area contributed by atoms with Crippen molar-refractivity contribution in [1.29, 1.82) is 0 Å². The maximum Gasteiger partial charge on any atom is 0.326 e. The number of hydrogen-bond donors (Lipinski definition) is 4. The first-order valence-electron chi connectivity index (χ1n) is 5.35. The van der Waals surface area contributed by atoms with Crippen LogP contribution in [0.1, 0.15) is 32.6 Å². The van der Waals surface area contributed by atoms with E-state index >= 15 is 0 Å². The van der Waals surface area contributed by atoms with Gasteiger partial charge >= 0.3 is 11.9 Å². The Bertz CT molecular complexity index is 290. The molecule has 0 aliphatic carbocycles. The van der Waals surface area contributed by atoms with Crippen molar-refractivity contribution in [3.63, 3.8) is 0 Å². The van der Waals surface area contributed by atoms with Gasteiger partial charge in [-0.05, 0) is 19.8 Å². The number of carbonyl (C=O) groups excluding carboxylic acids is 1. The second-order valence-corrected chi connectivity index (χ2v) is 3.83. The number of amides is 1. The number of aliphatic carboxylic acids is 2. The molecular weight excluding hydrogens is 228 g/mol. The number of carboxylic acid groups (broad SMARTS) is 2. The fourth-order valence-corrected chi connectivity index (χ4v) is 1.19. The highest BCUT2D eigenvalue weighted by atomic mass is 16.4. The summed E-state index contributed by atoms with van der Waals surface area (Å²) >= 11 is 0. The molecule has 2 atom stereocenters. The van der Waals surface area contributed by atoms with Crippen molar-refractivity contribution < 1.29 is 24.6 Å². The molecule has 0 saturated heterocycles. The topological polar surface area (TPSA) is 130 Å². The fourth-order valence-electron chi connectivity index (χ4n) is 1.19. The van der Waals surface area contributed by atoms with Crippen molar-refractivity contribution >= 4 is 17.8 Å². The van der Waals surface area contributed by atoms with E-state index in [9.17, 15) is 14.4 Å². The van der Waals surface area contributed by atoms with Gasteiger partial charge in [-0.15, -0.1) is 0 Å². The van der Waals surface area contributed by atoms with Crippen LogP contribution in [0.5, 0.6) is 0 Å². The van der Waals surface area contributed by atoms with E-state index in [1.807, 2.05) is 0 Å². The van der Waals surface area contributed by atoms with Crippen LogP contribution >= 0.6 is 0 Å². The lowest BCUT2D eigenvalue weighted by molar-refractivity contribution is -0.142. The summed E-state index contributed by atoms with van der Waals surface area (Å²) in [7, 11) is 0. The van der Waals surface area contributed by atoms with Gasteiger partial charge in [-0.1, -0.05) is 6.42 Å². The minimum atomic E-state index is -1.14. The van der Waals surface area contributed by atoms with Crippen molar-refractivity contribution in [1.82, 2.24) is 5.32 Å². The number of hydrogen-bond acceptors (Lipinski definition) is 4. The molecule has 7 heteroatoms. The highest BCUT2D eigenvalue weighted by Crippen LogP contribution is 2.04. The summed E-state index contributed by atoms with van der Waals surface area (Å²) < 4.78 is 0. The van der Waals surface area contributed by atoms with Crippen molar-refractivity contribution in [2.45, 2.75) is 44.7 Å². The van der Waals surface area contributed by atoms with Crippen LogP contribution in [0.3, 0.4) is 0 Å². The molecular formula is C10H18N2O5. The molecule has 0 fully saturated rings. The molecule has 0 aliphatic rings. The van der Waals surface area contributed by atoms with Crippen LogP contribution in [0.15, 0.2) is 0 Å². The number of nitrogens with two attached hydrogens (primary N) is 1. The zero-order chi connectivity index (χ0) is 13.4. The summed E-state index contributed by atoms with van der Waals surface area (Å²) in [6, 6.07) is -1.78. The molecule has 0 bridgehead atoms. The van der Waals surface area contributed by atoms with Crippen LogP contribution in [-0.4, -0.2) is 40.1 Å². The number of rotatable bonds is 8. The third kappa shape index (κ3) is 7.29. The highest BCUT2D eigenvalue weighted by molar-refractivity contribution is 5.86. The summed E-state index contributed by atoms with van der Waals surface area (Å²) in [6.45, 7) is 1.46. The van der Waals surface area contributed by atoms with Crippen LogP contribution in [0.2, 0.25) is 0 Å². The Morgan fingerprint density at radius 3 is 2.24 bits per heavy atom. The lowest BCUT2D eigenvalue weighted by atomic mass is 10.1. The standard InChI is InChI=1S/C10H18N2O5/c1-6(11)9(15)12-7(10(16)17)4-2-3-5-8(13)14/h6-7H,2-5,11H2,1H3,(H,12,15)(H,13,14)(H,16,17)/t6-,7?/m0/s1. The van der Waals surface area contributed by atoms with Gasteiger partial charge in [0.1, 0.15) is 6.04 Å². The fraction of sp³-hybridized carbons (Fsp3) is 0.700. The van der Waals surface area contributed by atoms with Crippen LogP contribution in [0.25, 0.3) is 0 Å². The highest BCUT2D eigenvalue weighted by Gasteiger charge is 2.20. The average molecular weight is 246 g/mol. The Kier molecular flexibility index (Phi) is 6.88. The molecule has 0 aromatic heterocycles.